The summed E-state index contributed by atoms with van der Waals surface area (Å²) in [6.07, 6.45) is 0. The van der Waals surface area contributed by atoms with E-state index < -0.39 is 11.9 Å². The van der Waals surface area contributed by atoms with Crippen molar-refractivity contribution in [2.75, 3.05) is 38.0 Å². The van der Waals surface area contributed by atoms with Gasteiger partial charge in [-0.1, -0.05) is 44.2 Å². The molecular formula is C23H29N5O5S2. The summed E-state index contributed by atoms with van der Waals surface area (Å²) in [7, 11) is 0. The number of thiazole rings is 2. The van der Waals surface area contributed by atoms with Crippen LogP contribution < -0.4 is 5.32 Å². The number of piperazine rings is 1. The zero-order chi connectivity index (χ0) is 25.6. The first-order valence-corrected chi connectivity index (χ1v) is 12.7. The molecule has 1 amide bonds. The quantitative estimate of drug-likeness (QED) is 0.435. The minimum absolute atomic E-state index is 0.00671. The highest BCUT2D eigenvalue weighted by atomic mass is 32.1. The molecule has 12 heteroatoms. The van der Waals surface area contributed by atoms with E-state index in [4.69, 9.17) is 24.8 Å². The number of fused-ring (bicyclic) bond motifs is 1. The lowest BCUT2D eigenvalue weighted by Gasteiger charge is -2.33. The van der Waals surface area contributed by atoms with Crippen LogP contribution in [-0.2, 0) is 26.3 Å². The number of aromatic nitrogens is 2. The molecule has 1 aliphatic rings. The first-order chi connectivity index (χ1) is 16.5. The van der Waals surface area contributed by atoms with Gasteiger partial charge < -0.3 is 15.5 Å². The molecule has 4 rings (SSSR count). The average Bonchev–Trinajstić information content (AvgIpc) is 3.42. The van der Waals surface area contributed by atoms with Gasteiger partial charge in [0, 0.05) is 37.0 Å². The molecule has 3 heterocycles. The van der Waals surface area contributed by atoms with Gasteiger partial charge in [0.15, 0.2) is 5.13 Å². The van der Waals surface area contributed by atoms with Gasteiger partial charge in [0.1, 0.15) is 5.01 Å². The largest absolute Gasteiger partial charge is 0.473 e. The summed E-state index contributed by atoms with van der Waals surface area (Å²) in [6.45, 7) is 11.6. The molecule has 35 heavy (non-hydrogen) atoms. The molecule has 2 aromatic heterocycles. The summed E-state index contributed by atoms with van der Waals surface area (Å²) >= 11 is 3.27. The fraction of sp³-hybridized carbons (Fsp3) is 0.435. The number of aliphatic carboxylic acids is 2. The fourth-order valence-corrected chi connectivity index (χ4v) is 5.26. The molecule has 1 fully saturated rings. The first kappa shape index (κ1) is 26.7. The van der Waals surface area contributed by atoms with Gasteiger partial charge >= 0.3 is 11.9 Å². The van der Waals surface area contributed by atoms with Crippen LogP contribution in [-0.4, -0.2) is 80.6 Å². The Morgan fingerprint density at radius 3 is 2.20 bits per heavy atom. The third kappa shape index (κ3) is 8.06. The van der Waals surface area contributed by atoms with Gasteiger partial charge in [-0.05, 0) is 12.1 Å². The predicted octanol–water partition coefficient (Wildman–Crippen LogP) is 2.96. The second-order valence-electron chi connectivity index (χ2n) is 9.07. The number of carbonyl (C=O) groups is 3. The third-order valence-corrected chi connectivity index (χ3v) is 7.02. The number of hydrogen-bond acceptors (Lipinski definition) is 9. The van der Waals surface area contributed by atoms with Crippen molar-refractivity contribution >= 4 is 55.9 Å². The molecule has 3 N–H and O–H groups in total. The predicted molar refractivity (Wildman–Crippen MR) is 136 cm³/mol. The molecule has 0 bridgehead atoms. The van der Waals surface area contributed by atoms with E-state index >= 15 is 0 Å². The highest BCUT2D eigenvalue weighted by molar-refractivity contribution is 7.22. The minimum Gasteiger partial charge on any atom is -0.473 e. The molecule has 0 aliphatic carbocycles. The van der Waals surface area contributed by atoms with Gasteiger partial charge in [0.2, 0.25) is 5.91 Å². The van der Waals surface area contributed by atoms with Crippen molar-refractivity contribution in [2.45, 2.75) is 32.7 Å². The van der Waals surface area contributed by atoms with E-state index in [9.17, 15) is 4.79 Å². The van der Waals surface area contributed by atoms with E-state index in [1.165, 1.54) is 22.0 Å². The monoisotopic (exact) mass is 519 g/mol. The molecule has 0 radical (unpaired) electrons. The van der Waals surface area contributed by atoms with E-state index in [2.05, 4.69) is 46.3 Å². The van der Waals surface area contributed by atoms with Crippen LogP contribution in [0.25, 0.3) is 10.2 Å². The Balaban J connectivity index is 0.000000509. The van der Waals surface area contributed by atoms with E-state index in [1.54, 1.807) is 11.3 Å². The van der Waals surface area contributed by atoms with Crippen molar-refractivity contribution in [2.24, 2.45) is 0 Å². The summed E-state index contributed by atoms with van der Waals surface area (Å²) in [6, 6.07) is 7.94. The SMILES string of the molecule is CC(C)(C)c1csc(CN2CCN(CC(=O)Nc3nc4ccccc4s3)CC2)n1.O=C(O)C(=O)O. The molecule has 0 spiro atoms. The smallest absolute Gasteiger partial charge is 0.414 e. The van der Waals surface area contributed by atoms with Gasteiger partial charge in [-0.3, -0.25) is 14.6 Å². The van der Waals surface area contributed by atoms with Crippen LogP contribution in [0, 0.1) is 0 Å². The summed E-state index contributed by atoms with van der Waals surface area (Å²) in [5, 5.41) is 21.8. The lowest BCUT2D eigenvalue weighted by molar-refractivity contribution is -0.159. The molecule has 188 valence electrons. The average molecular weight is 520 g/mol. The Morgan fingerprint density at radius 2 is 1.63 bits per heavy atom. The topological polar surface area (TPSA) is 136 Å². The molecule has 0 saturated carbocycles. The maximum atomic E-state index is 12.4. The number of hydrogen-bond donors (Lipinski definition) is 3. The summed E-state index contributed by atoms with van der Waals surface area (Å²) in [4.78, 5) is 44.5. The molecule has 1 aromatic carbocycles. The third-order valence-electron chi connectivity index (χ3n) is 5.23. The molecule has 1 saturated heterocycles. The normalized spacial score (nSPS) is 14.8. The van der Waals surface area contributed by atoms with Gasteiger partial charge in [-0.2, -0.15) is 0 Å². The molecule has 10 nitrogen and oxygen atoms in total. The van der Waals surface area contributed by atoms with Crippen molar-refractivity contribution in [3.05, 3.63) is 40.3 Å². The summed E-state index contributed by atoms with van der Waals surface area (Å²) in [5.41, 5.74) is 2.20. The molecular weight excluding hydrogens is 490 g/mol. The van der Waals surface area contributed by atoms with Gasteiger partial charge in [-0.25, -0.2) is 19.6 Å². The Kier molecular flexibility index (Phi) is 8.89. The lowest BCUT2D eigenvalue weighted by atomic mass is 9.93. The van der Waals surface area contributed by atoms with Crippen molar-refractivity contribution in [3.63, 3.8) is 0 Å². The number of para-hydroxylation sites is 1. The van der Waals surface area contributed by atoms with E-state index in [-0.39, 0.29) is 11.3 Å². The first-order valence-electron chi connectivity index (χ1n) is 11.0. The van der Waals surface area contributed by atoms with Crippen LogP contribution in [0.15, 0.2) is 29.6 Å². The number of carboxylic acid groups (broad SMARTS) is 2. The number of nitrogens with zero attached hydrogens (tertiary/aromatic N) is 4. The van der Waals surface area contributed by atoms with Crippen LogP contribution in [0.5, 0.6) is 0 Å². The van der Waals surface area contributed by atoms with Crippen LogP contribution in [0.4, 0.5) is 5.13 Å². The van der Waals surface area contributed by atoms with Crippen LogP contribution in [0.1, 0.15) is 31.5 Å². The second-order valence-corrected chi connectivity index (χ2v) is 11.0. The Morgan fingerprint density at radius 1 is 1.00 bits per heavy atom. The fourth-order valence-electron chi connectivity index (χ4n) is 3.31. The van der Waals surface area contributed by atoms with Crippen molar-refractivity contribution in [1.82, 2.24) is 19.8 Å². The number of benzene rings is 1. The molecule has 1 aliphatic heterocycles. The number of nitrogens with one attached hydrogen (secondary N) is 1. The Labute approximate surface area is 211 Å². The molecule has 0 unspecified atom stereocenters. The highest BCUT2D eigenvalue weighted by Crippen LogP contribution is 2.26. The van der Waals surface area contributed by atoms with Gasteiger partial charge in [-0.15, -0.1) is 11.3 Å². The highest BCUT2D eigenvalue weighted by Gasteiger charge is 2.22. The van der Waals surface area contributed by atoms with E-state index in [0.717, 1.165) is 42.9 Å². The van der Waals surface area contributed by atoms with Gasteiger partial charge in [0.05, 0.1) is 29.0 Å². The van der Waals surface area contributed by atoms with Crippen molar-refractivity contribution in [1.29, 1.82) is 0 Å². The molecule has 0 atom stereocenters. The lowest BCUT2D eigenvalue weighted by Crippen LogP contribution is -2.48. The van der Waals surface area contributed by atoms with Crippen LogP contribution in [0.2, 0.25) is 0 Å². The number of amides is 1. The number of carbonyl (C=O) groups excluding carboxylic acids is 1. The van der Waals surface area contributed by atoms with Crippen LogP contribution in [0.3, 0.4) is 0 Å². The molecule has 3 aromatic rings. The van der Waals surface area contributed by atoms with Crippen molar-refractivity contribution in [3.8, 4) is 0 Å². The van der Waals surface area contributed by atoms with E-state index in [1.807, 2.05) is 24.3 Å². The second kappa shape index (κ2) is 11.7. The Hall–Kier alpha value is -2.93. The minimum atomic E-state index is -1.82. The van der Waals surface area contributed by atoms with Gasteiger partial charge in [0.25, 0.3) is 0 Å². The standard InChI is InChI=1S/C21H27N5OS2.C2H2O4/c1-21(2,3)17-14-28-19(23-17)13-26-10-8-25(9-11-26)12-18(27)24-20-22-15-6-4-5-7-16(15)29-20;3-1(4)2(5)6/h4-7,14H,8-13H2,1-3H3,(H,22,24,27);(H,3,4)(H,5,6). The summed E-state index contributed by atoms with van der Waals surface area (Å²) in [5.74, 6) is -3.64. The Bertz CT molecular complexity index is 1130. The van der Waals surface area contributed by atoms with Crippen LogP contribution >= 0.6 is 22.7 Å². The maximum Gasteiger partial charge on any atom is 0.414 e. The number of carboxylic acids is 2. The van der Waals surface area contributed by atoms with Crippen molar-refractivity contribution < 1.29 is 24.6 Å². The number of anilines is 1. The summed E-state index contributed by atoms with van der Waals surface area (Å²) < 4.78 is 1.09. The van der Waals surface area contributed by atoms with E-state index in [0.29, 0.717) is 11.7 Å². The zero-order valence-electron chi connectivity index (χ0n) is 19.9. The zero-order valence-corrected chi connectivity index (χ0v) is 21.5. The number of rotatable bonds is 5. The maximum absolute atomic E-state index is 12.4.